The molecule has 2 atom stereocenters. The molecule has 1 aromatic carbocycles. The topological polar surface area (TPSA) is 61.7 Å². The SMILES string of the molecule is Cc1ccc(CC(=O)N2CCC[C@]3(C(=O)N(C)C)CN(Cc4cnn(C)c4)C[C@@H]3C2)cc1. The molecule has 2 aliphatic heterocycles. The van der Waals surface area contributed by atoms with E-state index in [0.717, 1.165) is 50.1 Å². The zero-order valence-electron chi connectivity index (χ0n) is 19.8. The molecule has 32 heavy (non-hydrogen) atoms. The predicted molar refractivity (Wildman–Crippen MR) is 124 cm³/mol. The van der Waals surface area contributed by atoms with E-state index in [1.54, 1.807) is 4.90 Å². The van der Waals surface area contributed by atoms with Gasteiger partial charge in [-0.05, 0) is 25.3 Å². The predicted octanol–water partition coefficient (Wildman–Crippen LogP) is 2.10. The molecule has 2 aromatic rings. The third-order valence-corrected chi connectivity index (χ3v) is 7.08. The lowest BCUT2D eigenvalue weighted by Gasteiger charge is -2.35. The van der Waals surface area contributed by atoms with Crippen LogP contribution >= 0.6 is 0 Å². The monoisotopic (exact) mass is 437 g/mol. The van der Waals surface area contributed by atoms with E-state index < -0.39 is 5.41 Å². The van der Waals surface area contributed by atoms with Crippen LogP contribution < -0.4 is 0 Å². The highest BCUT2D eigenvalue weighted by Gasteiger charge is 2.53. The summed E-state index contributed by atoms with van der Waals surface area (Å²) < 4.78 is 1.82. The number of hydrogen-bond donors (Lipinski definition) is 0. The number of benzene rings is 1. The Kier molecular flexibility index (Phi) is 6.38. The van der Waals surface area contributed by atoms with Crippen molar-refractivity contribution in [3.63, 3.8) is 0 Å². The molecule has 7 nitrogen and oxygen atoms in total. The Labute approximate surface area is 191 Å². The van der Waals surface area contributed by atoms with E-state index in [1.165, 1.54) is 5.56 Å². The van der Waals surface area contributed by atoms with Crippen LogP contribution in [0.25, 0.3) is 0 Å². The van der Waals surface area contributed by atoms with Gasteiger partial charge in [0.2, 0.25) is 11.8 Å². The van der Waals surface area contributed by atoms with Gasteiger partial charge in [0.1, 0.15) is 0 Å². The lowest BCUT2D eigenvalue weighted by Crippen LogP contribution is -2.47. The minimum atomic E-state index is -0.426. The second-order valence-corrected chi connectivity index (χ2v) is 9.85. The van der Waals surface area contributed by atoms with E-state index in [1.807, 2.05) is 55.3 Å². The van der Waals surface area contributed by atoms with E-state index in [9.17, 15) is 9.59 Å². The van der Waals surface area contributed by atoms with Crippen molar-refractivity contribution in [3.05, 3.63) is 53.3 Å². The lowest BCUT2D eigenvalue weighted by atomic mass is 9.74. The molecule has 0 bridgehead atoms. The Morgan fingerprint density at radius 2 is 1.91 bits per heavy atom. The molecule has 0 spiro atoms. The Balaban J connectivity index is 1.52. The van der Waals surface area contributed by atoms with Crippen molar-refractivity contribution < 1.29 is 9.59 Å². The first-order valence-corrected chi connectivity index (χ1v) is 11.5. The Bertz CT molecular complexity index is 967. The van der Waals surface area contributed by atoms with Crippen molar-refractivity contribution in [1.82, 2.24) is 24.5 Å². The number of aromatic nitrogens is 2. The van der Waals surface area contributed by atoms with Crippen molar-refractivity contribution in [2.24, 2.45) is 18.4 Å². The number of carbonyl (C=O) groups excluding carboxylic acids is 2. The van der Waals surface area contributed by atoms with Crippen molar-refractivity contribution in [3.8, 4) is 0 Å². The number of rotatable bonds is 5. The molecule has 0 N–H and O–H groups in total. The number of amides is 2. The van der Waals surface area contributed by atoms with Crippen LogP contribution in [-0.2, 0) is 29.6 Å². The quantitative estimate of drug-likeness (QED) is 0.719. The van der Waals surface area contributed by atoms with E-state index in [-0.39, 0.29) is 17.7 Å². The summed E-state index contributed by atoms with van der Waals surface area (Å²) in [6.45, 7) is 5.77. The van der Waals surface area contributed by atoms with Gasteiger partial charge < -0.3 is 9.80 Å². The van der Waals surface area contributed by atoms with Gasteiger partial charge in [0, 0.05) is 71.5 Å². The molecule has 0 unspecified atom stereocenters. The third kappa shape index (κ3) is 4.58. The molecular formula is C25H35N5O2. The maximum Gasteiger partial charge on any atom is 0.229 e. The highest BCUT2D eigenvalue weighted by atomic mass is 16.2. The fourth-order valence-corrected chi connectivity index (χ4v) is 5.48. The van der Waals surface area contributed by atoms with Crippen molar-refractivity contribution >= 4 is 11.8 Å². The first kappa shape index (κ1) is 22.5. The zero-order chi connectivity index (χ0) is 22.9. The van der Waals surface area contributed by atoms with Crippen LogP contribution in [0.4, 0.5) is 0 Å². The molecule has 3 heterocycles. The summed E-state index contributed by atoms with van der Waals surface area (Å²) in [5.41, 5.74) is 2.97. The van der Waals surface area contributed by atoms with Crippen LogP contribution in [0.2, 0.25) is 0 Å². The van der Waals surface area contributed by atoms with Gasteiger partial charge in [0.05, 0.1) is 18.0 Å². The maximum absolute atomic E-state index is 13.4. The molecule has 0 aliphatic carbocycles. The van der Waals surface area contributed by atoms with Gasteiger partial charge in [0.15, 0.2) is 0 Å². The Hall–Kier alpha value is -2.67. The number of nitrogens with zero attached hydrogens (tertiary/aromatic N) is 5. The summed E-state index contributed by atoms with van der Waals surface area (Å²) in [7, 11) is 5.62. The van der Waals surface area contributed by atoms with Gasteiger partial charge in [-0.25, -0.2) is 0 Å². The van der Waals surface area contributed by atoms with E-state index in [0.29, 0.717) is 13.0 Å². The Morgan fingerprint density at radius 1 is 1.16 bits per heavy atom. The zero-order valence-corrected chi connectivity index (χ0v) is 19.8. The molecule has 0 saturated carbocycles. The first-order valence-electron chi connectivity index (χ1n) is 11.5. The van der Waals surface area contributed by atoms with Crippen LogP contribution in [0.5, 0.6) is 0 Å². The summed E-state index contributed by atoms with van der Waals surface area (Å²) in [5.74, 6) is 0.496. The van der Waals surface area contributed by atoms with Gasteiger partial charge in [-0.15, -0.1) is 0 Å². The van der Waals surface area contributed by atoms with Crippen LogP contribution in [0.15, 0.2) is 36.7 Å². The van der Waals surface area contributed by atoms with E-state index in [4.69, 9.17) is 0 Å². The Morgan fingerprint density at radius 3 is 2.56 bits per heavy atom. The highest BCUT2D eigenvalue weighted by Crippen LogP contribution is 2.44. The average molecular weight is 438 g/mol. The maximum atomic E-state index is 13.4. The van der Waals surface area contributed by atoms with Crippen LogP contribution in [0.1, 0.15) is 29.5 Å². The first-order chi connectivity index (χ1) is 15.3. The molecule has 0 radical (unpaired) electrons. The minimum Gasteiger partial charge on any atom is -0.348 e. The van der Waals surface area contributed by atoms with Gasteiger partial charge in [0.25, 0.3) is 0 Å². The van der Waals surface area contributed by atoms with Crippen molar-refractivity contribution in [2.45, 2.75) is 32.7 Å². The number of fused-ring (bicyclic) bond motifs is 1. The minimum absolute atomic E-state index is 0.138. The van der Waals surface area contributed by atoms with Gasteiger partial charge in [-0.1, -0.05) is 29.8 Å². The lowest BCUT2D eigenvalue weighted by molar-refractivity contribution is -0.142. The molecule has 172 valence electrons. The van der Waals surface area contributed by atoms with Gasteiger partial charge in [-0.2, -0.15) is 5.10 Å². The molecule has 4 rings (SSSR count). The highest BCUT2D eigenvalue weighted by molar-refractivity contribution is 5.84. The second kappa shape index (κ2) is 9.06. The number of hydrogen-bond acceptors (Lipinski definition) is 4. The summed E-state index contributed by atoms with van der Waals surface area (Å²) in [5, 5.41) is 4.29. The number of aryl methyl sites for hydroxylation is 2. The molecule has 7 heteroatoms. The van der Waals surface area contributed by atoms with E-state index >= 15 is 0 Å². The summed E-state index contributed by atoms with van der Waals surface area (Å²) in [6.07, 6.45) is 6.03. The fraction of sp³-hybridized carbons (Fsp3) is 0.560. The largest absolute Gasteiger partial charge is 0.348 e. The molecule has 2 amide bonds. The normalized spacial score (nSPS) is 23.6. The summed E-state index contributed by atoms with van der Waals surface area (Å²) in [6, 6.07) is 8.18. The van der Waals surface area contributed by atoms with Crippen molar-refractivity contribution in [2.75, 3.05) is 40.3 Å². The average Bonchev–Trinajstić information content (AvgIpc) is 3.26. The fourth-order valence-electron chi connectivity index (χ4n) is 5.48. The molecule has 2 fully saturated rings. The van der Waals surface area contributed by atoms with Crippen LogP contribution in [0.3, 0.4) is 0 Å². The van der Waals surface area contributed by atoms with Gasteiger partial charge in [-0.3, -0.25) is 19.2 Å². The summed E-state index contributed by atoms with van der Waals surface area (Å²) in [4.78, 5) is 32.7. The number of carbonyl (C=O) groups is 2. The second-order valence-electron chi connectivity index (χ2n) is 9.85. The van der Waals surface area contributed by atoms with Crippen molar-refractivity contribution in [1.29, 1.82) is 0 Å². The van der Waals surface area contributed by atoms with Crippen LogP contribution in [0, 0.1) is 18.3 Å². The third-order valence-electron chi connectivity index (χ3n) is 7.08. The standard InChI is InChI=1S/C25H35N5O2/c1-19-6-8-20(9-7-19)12-23(31)30-11-5-10-25(24(32)27(2)3)18-29(16-22(25)17-30)15-21-13-26-28(4)14-21/h6-9,13-14,22H,5,10-12,15-18H2,1-4H3/t22-,25+/m1/s1. The molecule has 2 saturated heterocycles. The molecule has 1 aromatic heterocycles. The smallest absolute Gasteiger partial charge is 0.229 e. The van der Waals surface area contributed by atoms with Gasteiger partial charge >= 0.3 is 0 Å². The molecular weight excluding hydrogens is 402 g/mol. The van der Waals surface area contributed by atoms with Crippen LogP contribution in [-0.4, -0.2) is 76.6 Å². The number of likely N-dealkylation sites (tertiary alicyclic amines) is 2. The molecule has 2 aliphatic rings. The van der Waals surface area contributed by atoms with E-state index in [2.05, 4.69) is 29.1 Å². The summed E-state index contributed by atoms with van der Waals surface area (Å²) >= 11 is 0.